The molecule has 1 aromatic heterocycles. The zero-order valence-electron chi connectivity index (χ0n) is 24.4. The topological polar surface area (TPSA) is 64.0 Å². The first kappa shape index (κ1) is 27.7. The third-order valence-electron chi connectivity index (χ3n) is 12.1. The number of sulfonamides is 1. The van der Waals surface area contributed by atoms with Gasteiger partial charge in [-0.3, -0.25) is 0 Å². The van der Waals surface area contributed by atoms with Gasteiger partial charge in [0.05, 0.1) is 6.33 Å². The van der Waals surface area contributed by atoms with Gasteiger partial charge in [-0.05, 0) is 110 Å². The Labute approximate surface area is 227 Å². The highest BCUT2D eigenvalue weighted by molar-refractivity contribution is 7.89. The van der Waals surface area contributed by atoms with Crippen molar-refractivity contribution < 1.29 is 8.42 Å². The van der Waals surface area contributed by atoms with E-state index in [1.54, 1.807) is 17.1 Å². The van der Waals surface area contributed by atoms with Gasteiger partial charge in [-0.25, -0.2) is 18.1 Å². The summed E-state index contributed by atoms with van der Waals surface area (Å²) in [6, 6.07) is 0.0398. The standard InChI is InChI=1S/C31H53N3O2S/c1-21(2)8-7-9-22(3)26-12-13-27-25-11-10-23-18-24(33-37(35,36)29-19-34(6)20-32-29)14-16-30(23,4)28(25)15-17-31(26,27)5/h19-28,33H,7-18H2,1-6H3/t22-,23+,24-,25?,26-,27?,28?,30+,31-/m1/s1. The van der Waals surface area contributed by atoms with E-state index < -0.39 is 10.0 Å². The van der Waals surface area contributed by atoms with E-state index in [9.17, 15) is 8.42 Å². The average molecular weight is 532 g/mol. The minimum atomic E-state index is -3.55. The Morgan fingerprint density at radius 3 is 2.43 bits per heavy atom. The Kier molecular flexibility index (Phi) is 7.68. The number of hydrogen-bond donors (Lipinski definition) is 1. The monoisotopic (exact) mass is 531 g/mol. The zero-order chi connectivity index (χ0) is 26.6. The van der Waals surface area contributed by atoms with Crippen LogP contribution < -0.4 is 4.72 Å². The summed E-state index contributed by atoms with van der Waals surface area (Å²) >= 11 is 0. The van der Waals surface area contributed by atoms with Gasteiger partial charge in [0.1, 0.15) is 0 Å². The van der Waals surface area contributed by atoms with E-state index in [2.05, 4.69) is 44.3 Å². The van der Waals surface area contributed by atoms with Gasteiger partial charge in [-0.15, -0.1) is 0 Å². The van der Waals surface area contributed by atoms with Gasteiger partial charge in [0.2, 0.25) is 0 Å². The molecule has 0 bridgehead atoms. The van der Waals surface area contributed by atoms with Crippen molar-refractivity contribution in [1.29, 1.82) is 0 Å². The van der Waals surface area contributed by atoms with E-state index in [1.165, 1.54) is 57.8 Å². The average Bonchev–Trinajstić information content (AvgIpc) is 3.42. The Bertz CT molecular complexity index is 1050. The number of nitrogens with one attached hydrogen (secondary N) is 1. The van der Waals surface area contributed by atoms with Crippen molar-refractivity contribution >= 4 is 10.0 Å². The third kappa shape index (κ3) is 5.08. The third-order valence-corrected chi connectivity index (χ3v) is 13.6. The number of imidazole rings is 1. The Morgan fingerprint density at radius 1 is 1.00 bits per heavy atom. The van der Waals surface area contributed by atoms with E-state index in [1.807, 2.05) is 7.05 Å². The molecule has 4 saturated carbocycles. The Balaban J connectivity index is 1.24. The molecule has 0 amide bonds. The van der Waals surface area contributed by atoms with Crippen molar-refractivity contribution in [3.8, 4) is 0 Å². The zero-order valence-corrected chi connectivity index (χ0v) is 25.2. The minimum Gasteiger partial charge on any atom is -0.339 e. The van der Waals surface area contributed by atoms with E-state index >= 15 is 0 Å². The lowest BCUT2D eigenvalue weighted by molar-refractivity contribution is -0.117. The van der Waals surface area contributed by atoms with Crippen molar-refractivity contribution in [2.75, 3.05) is 0 Å². The normalized spacial score (nSPS) is 40.7. The highest BCUT2D eigenvalue weighted by atomic mass is 32.2. The van der Waals surface area contributed by atoms with Crippen LogP contribution in [0.4, 0.5) is 0 Å². The molecule has 4 fully saturated rings. The second-order valence-electron chi connectivity index (χ2n) is 14.7. The van der Waals surface area contributed by atoms with Gasteiger partial charge < -0.3 is 4.57 Å². The minimum absolute atomic E-state index is 0.0398. The van der Waals surface area contributed by atoms with Crippen LogP contribution in [0.2, 0.25) is 0 Å². The van der Waals surface area contributed by atoms with E-state index in [0.717, 1.165) is 54.8 Å². The molecule has 9 atom stereocenters. The molecule has 37 heavy (non-hydrogen) atoms. The molecule has 0 radical (unpaired) electrons. The molecule has 5 rings (SSSR count). The molecule has 4 aliphatic carbocycles. The fourth-order valence-electron chi connectivity index (χ4n) is 10.2. The quantitative estimate of drug-likeness (QED) is 0.386. The van der Waals surface area contributed by atoms with Crippen LogP contribution in [-0.2, 0) is 17.1 Å². The molecule has 0 aromatic carbocycles. The highest BCUT2D eigenvalue weighted by Crippen LogP contribution is 2.68. The van der Waals surface area contributed by atoms with Crippen LogP contribution in [0.25, 0.3) is 0 Å². The van der Waals surface area contributed by atoms with Gasteiger partial charge >= 0.3 is 0 Å². The van der Waals surface area contributed by atoms with Gasteiger partial charge in [0, 0.05) is 19.3 Å². The number of aromatic nitrogens is 2. The summed E-state index contributed by atoms with van der Waals surface area (Å²) in [5, 5.41) is 0.146. The van der Waals surface area contributed by atoms with Gasteiger partial charge in [-0.1, -0.05) is 53.9 Å². The molecule has 1 aromatic rings. The summed E-state index contributed by atoms with van der Waals surface area (Å²) in [5.74, 6) is 5.85. The van der Waals surface area contributed by atoms with Crippen molar-refractivity contribution in [3.63, 3.8) is 0 Å². The maximum atomic E-state index is 12.9. The first-order chi connectivity index (χ1) is 17.4. The second-order valence-corrected chi connectivity index (χ2v) is 16.3. The summed E-state index contributed by atoms with van der Waals surface area (Å²) in [4.78, 5) is 4.09. The number of fused-ring (bicyclic) bond motifs is 5. The Hall–Kier alpha value is -0.880. The smallest absolute Gasteiger partial charge is 0.259 e. The first-order valence-electron chi connectivity index (χ1n) is 15.4. The van der Waals surface area contributed by atoms with Crippen molar-refractivity contribution in [3.05, 3.63) is 12.5 Å². The summed E-state index contributed by atoms with van der Waals surface area (Å²) in [6.45, 7) is 12.6. The number of nitrogens with zero attached hydrogens (tertiary/aromatic N) is 2. The predicted octanol–water partition coefficient (Wildman–Crippen LogP) is 7.19. The molecule has 4 aliphatic rings. The van der Waals surface area contributed by atoms with Crippen LogP contribution >= 0.6 is 0 Å². The summed E-state index contributed by atoms with van der Waals surface area (Å²) in [6.07, 6.45) is 18.8. The van der Waals surface area contributed by atoms with E-state index in [-0.39, 0.29) is 11.1 Å². The Morgan fingerprint density at radius 2 is 1.73 bits per heavy atom. The predicted molar refractivity (Wildman–Crippen MR) is 150 cm³/mol. The lowest BCUT2D eigenvalue weighted by Gasteiger charge is -2.61. The maximum Gasteiger partial charge on any atom is 0.259 e. The van der Waals surface area contributed by atoms with Gasteiger partial charge in [0.15, 0.2) is 5.03 Å². The highest BCUT2D eigenvalue weighted by Gasteiger charge is 2.60. The van der Waals surface area contributed by atoms with Gasteiger partial charge in [0.25, 0.3) is 10.0 Å². The van der Waals surface area contributed by atoms with Crippen LogP contribution in [0.3, 0.4) is 0 Å². The molecule has 6 heteroatoms. The van der Waals surface area contributed by atoms with Crippen molar-refractivity contribution in [1.82, 2.24) is 14.3 Å². The SMILES string of the molecule is CC(C)CCC[C@@H](C)[C@H]1CCC2C3CC[C@H]4C[C@H](NS(=O)(=O)c5cn(C)cn5)CC[C@]4(C)C3CC[C@@]21C. The largest absolute Gasteiger partial charge is 0.339 e. The lowest BCUT2D eigenvalue weighted by atomic mass is 9.44. The van der Waals surface area contributed by atoms with E-state index in [0.29, 0.717) is 16.7 Å². The maximum absolute atomic E-state index is 12.9. The molecular weight excluding hydrogens is 478 g/mol. The van der Waals surface area contributed by atoms with Crippen LogP contribution in [-0.4, -0.2) is 24.0 Å². The molecule has 210 valence electrons. The molecule has 0 spiro atoms. The fraction of sp³-hybridized carbons (Fsp3) is 0.903. The van der Waals surface area contributed by atoms with Gasteiger partial charge in [-0.2, -0.15) is 0 Å². The summed E-state index contributed by atoms with van der Waals surface area (Å²) in [7, 11) is -1.74. The van der Waals surface area contributed by atoms with Crippen molar-refractivity contribution in [2.24, 2.45) is 59.3 Å². The molecular formula is C31H53N3O2S. The lowest BCUT2D eigenvalue weighted by Crippen LogP contribution is -2.55. The molecule has 1 N–H and O–H groups in total. The molecule has 1 heterocycles. The van der Waals surface area contributed by atoms with Crippen LogP contribution in [0, 0.1) is 52.3 Å². The molecule has 0 saturated heterocycles. The molecule has 0 aliphatic heterocycles. The number of aryl methyl sites for hydroxylation is 1. The molecule has 5 nitrogen and oxygen atoms in total. The number of hydrogen-bond acceptors (Lipinski definition) is 3. The van der Waals surface area contributed by atoms with Crippen LogP contribution in [0.5, 0.6) is 0 Å². The van der Waals surface area contributed by atoms with Crippen LogP contribution in [0.1, 0.15) is 112 Å². The summed E-state index contributed by atoms with van der Waals surface area (Å²) < 4.78 is 30.6. The van der Waals surface area contributed by atoms with Crippen LogP contribution in [0.15, 0.2) is 17.6 Å². The van der Waals surface area contributed by atoms with E-state index in [4.69, 9.17) is 0 Å². The molecule has 3 unspecified atom stereocenters. The second kappa shape index (κ2) is 10.3. The fourth-order valence-corrected chi connectivity index (χ4v) is 11.5. The summed E-state index contributed by atoms with van der Waals surface area (Å²) in [5.41, 5.74) is 0.912. The van der Waals surface area contributed by atoms with Crippen molar-refractivity contribution in [2.45, 2.75) is 123 Å². The first-order valence-corrected chi connectivity index (χ1v) is 16.9. The number of rotatable bonds is 8.